The molecule has 0 amide bonds. The zero-order chi connectivity index (χ0) is 12.1. The third-order valence-electron chi connectivity index (χ3n) is 3.49. The van der Waals surface area contributed by atoms with Gasteiger partial charge in [0.2, 0.25) is 0 Å². The Morgan fingerprint density at radius 1 is 1.53 bits per heavy atom. The molecule has 0 bridgehead atoms. The molecule has 1 aromatic heterocycles. The van der Waals surface area contributed by atoms with Crippen LogP contribution in [0.25, 0.3) is 0 Å². The summed E-state index contributed by atoms with van der Waals surface area (Å²) < 4.78 is 2.07. The molecule has 1 atom stereocenters. The normalized spacial score (nSPS) is 19.4. The van der Waals surface area contributed by atoms with Crippen LogP contribution in [-0.2, 0) is 6.54 Å². The molecule has 1 aliphatic rings. The molecule has 1 unspecified atom stereocenters. The number of rotatable bonds is 5. The largest absolute Gasteiger partial charge is 0.323 e. The first-order valence-corrected chi connectivity index (χ1v) is 7.81. The van der Waals surface area contributed by atoms with Crippen molar-refractivity contribution in [1.82, 2.24) is 9.78 Å². The van der Waals surface area contributed by atoms with Gasteiger partial charge in [0.1, 0.15) is 0 Å². The Kier molecular flexibility index (Phi) is 4.92. The van der Waals surface area contributed by atoms with Gasteiger partial charge in [-0.05, 0) is 49.2 Å². The minimum atomic E-state index is 0.164. The van der Waals surface area contributed by atoms with E-state index in [1.807, 2.05) is 6.20 Å². The van der Waals surface area contributed by atoms with Crippen LogP contribution in [0.1, 0.15) is 44.3 Å². The van der Waals surface area contributed by atoms with Gasteiger partial charge >= 0.3 is 0 Å². The number of nitrogens with two attached hydrogens (primary N) is 1. The summed E-state index contributed by atoms with van der Waals surface area (Å²) in [5.74, 6) is 3.44. The van der Waals surface area contributed by atoms with E-state index < -0.39 is 0 Å². The average molecular weight is 253 g/mol. The SMILES string of the molecule is CCCn1nccc1C(N)CC1CCSCC1. The van der Waals surface area contributed by atoms with Crippen molar-refractivity contribution in [3.63, 3.8) is 0 Å². The Balaban J connectivity index is 1.93. The molecule has 1 aromatic rings. The molecule has 3 nitrogen and oxygen atoms in total. The van der Waals surface area contributed by atoms with E-state index >= 15 is 0 Å². The van der Waals surface area contributed by atoms with Crippen LogP contribution in [0.5, 0.6) is 0 Å². The van der Waals surface area contributed by atoms with Gasteiger partial charge in [-0.1, -0.05) is 6.92 Å². The first-order chi connectivity index (χ1) is 8.31. The minimum absolute atomic E-state index is 0.164. The predicted molar refractivity (Wildman–Crippen MR) is 74.1 cm³/mol. The maximum absolute atomic E-state index is 6.33. The van der Waals surface area contributed by atoms with Crippen molar-refractivity contribution in [2.75, 3.05) is 11.5 Å². The Bertz CT molecular complexity index is 331. The lowest BCUT2D eigenvalue weighted by atomic mass is 9.93. The van der Waals surface area contributed by atoms with Crippen LogP contribution in [0.2, 0.25) is 0 Å². The number of aryl methyl sites for hydroxylation is 1. The molecule has 96 valence electrons. The van der Waals surface area contributed by atoms with Crippen LogP contribution in [0, 0.1) is 5.92 Å². The summed E-state index contributed by atoms with van der Waals surface area (Å²) >= 11 is 2.08. The molecule has 2 heterocycles. The first-order valence-electron chi connectivity index (χ1n) is 6.66. The molecule has 2 N–H and O–H groups in total. The molecule has 0 radical (unpaired) electrons. The zero-order valence-electron chi connectivity index (χ0n) is 10.6. The fourth-order valence-electron chi connectivity index (χ4n) is 2.52. The average Bonchev–Trinajstić information content (AvgIpc) is 2.79. The lowest BCUT2D eigenvalue weighted by Gasteiger charge is -2.24. The molecule has 0 spiro atoms. The third-order valence-corrected chi connectivity index (χ3v) is 4.54. The predicted octanol–water partition coefficient (Wildman–Crippen LogP) is 2.83. The van der Waals surface area contributed by atoms with E-state index in [1.165, 1.54) is 30.0 Å². The third kappa shape index (κ3) is 3.49. The summed E-state index contributed by atoms with van der Waals surface area (Å²) in [4.78, 5) is 0. The van der Waals surface area contributed by atoms with Gasteiger partial charge in [0.05, 0.1) is 5.69 Å². The monoisotopic (exact) mass is 253 g/mol. The van der Waals surface area contributed by atoms with Crippen LogP contribution in [0.3, 0.4) is 0 Å². The van der Waals surface area contributed by atoms with Gasteiger partial charge in [0.25, 0.3) is 0 Å². The second-order valence-electron chi connectivity index (χ2n) is 4.88. The van der Waals surface area contributed by atoms with Gasteiger partial charge in [-0.2, -0.15) is 16.9 Å². The lowest BCUT2D eigenvalue weighted by Crippen LogP contribution is -2.21. The molecule has 4 heteroatoms. The van der Waals surface area contributed by atoms with Crippen LogP contribution in [0.15, 0.2) is 12.3 Å². The first kappa shape index (κ1) is 13.0. The van der Waals surface area contributed by atoms with Gasteiger partial charge in [-0.25, -0.2) is 0 Å². The van der Waals surface area contributed by atoms with Crippen LogP contribution in [-0.4, -0.2) is 21.3 Å². The maximum Gasteiger partial charge on any atom is 0.0551 e. The number of thioether (sulfide) groups is 1. The highest BCUT2D eigenvalue weighted by atomic mass is 32.2. The van der Waals surface area contributed by atoms with Gasteiger partial charge in [-0.15, -0.1) is 0 Å². The van der Waals surface area contributed by atoms with Crippen molar-refractivity contribution in [1.29, 1.82) is 0 Å². The van der Waals surface area contributed by atoms with E-state index in [9.17, 15) is 0 Å². The Morgan fingerprint density at radius 2 is 2.29 bits per heavy atom. The van der Waals surface area contributed by atoms with Gasteiger partial charge in [-0.3, -0.25) is 4.68 Å². The number of nitrogens with zero attached hydrogens (tertiary/aromatic N) is 2. The van der Waals surface area contributed by atoms with Crippen molar-refractivity contribution in [3.05, 3.63) is 18.0 Å². The molecule has 0 saturated carbocycles. The summed E-state index contributed by atoms with van der Waals surface area (Å²) in [5, 5.41) is 4.35. The van der Waals surface area contributed by atoms with E-state index in [0.29, 0.717) is 0 Å². The molecular formula is C13H23N3S. The molecule has 1 fully saturated rings. The van der Waals surface area contributed by atoms with Crippen molar-refractivity contribution >= 4 is 11.8 Å². The Morgan fingerprint density at radius 3 is 3.00 bits per heavy atom. The quantitative estimate of drug-likeness (QED) is 0.877. The van der Waals surface area contributed by atoms with Gasteiger partial charge in [0.15, 0.2) is 0 Å². The van der Waals surface area contributed by atoms with Crippen molar-refractivity contribution < 1.29 is 0 Å². The highest BCUT2D eigenvalue weighted by Gasteiger charge is 2.19. The molecule has 1 saturated heterocycles. The highest BCUT2D eigenvalue weighted by molar-refractivity contribution is 7.99. The van der Waals surface area contributed by atoms with Crippen molar-refractivity contribution in [2.24, 2.45) is 11.7 Å². The van der Waals surface area contributed by atoms with Crippen LogP contribution in [0.4, 0.5) is 0 Å². The Hall–Kier alpha value is -0.480. The van der Waals surface area contributed by atoms with Crippen molar-refractivity contribution in [2.45, 2.75) is 45.2 Å². The lowest BCUT2D eigenvalue weighted by molar-refractivity contribution is 0.397. The maximum atomic E-state index is 6.33. The Labute approximate surface area is 108 Å². The van der Waals surface area contributed by atoms with Gasteiger partial charge < -0.3 is 5.73 Å². The van der Waals surface area contributed by atoms with Crippen molar-refractivity contribution in [3.8, 4) is 0 Å². The topological polar surface area (TPSA) is 43.8 Å². The molecule has 1 aliphatic heterocycles. The smallest absolute Gasteiger partial charge is 0.0551 e. The summed E-state index contributed by atoms with van der Waals surface area (Å²) in [7, 11) is 0. The second kappa shape index (κ2) is 6.45. The summed E-state index contributed by atoms with van der Waals surface area (Å²) in [5.41, 5.74) is 7.55. The fraction of sp³-hybridized carbons (Fsp3) is 0.769. The summed E-state index contributed by atoms with van der Waals surface area (Å²) in [6.07, 6.45) is 6.78. The van der Waals surface area contributed by atoms with E-state index in [0.717, 1.165) is 25.3 Å². The molecule has 0 aliphatic carbocycles. The standard InChI is InChI=1S/C13H23N3S/c1-2-7-16-13(3-6-15-16)12(14)10-11-4-8-17-9-5-11/h3,6,11-12H,2,4-5,7-10,14H2,1H3. The molecule has 2 rings (SSSR count). The molecule has 0 aromatic carbocycles. The van der Waals surface area contributed by atoms with Crippen LogP contribution >= 0.6 is 11.8 Å². The van der Waals surface area contributed by atoms with Gasteiger partial charge in [0, 0.05) is 18.8 Å². The van der Waals surface area contributed by atoms with E-state index in [2.05, 4.69) is 34.5 Å². The summed E-state index contributed by atoms with van der Waals surface area (Å²) in [6, 6.07) is 2.25. The van der Waals surface area contributed by atoms with E-state index in [4.69, 9.17) is 5.73 Å². The fourth-order valence-corrected chi connectivity index (χ4v) is 3.72. The van der Waals surface area contributed by atoms with E-state index in [-0.39, 0.29) is 6.04 Å². The second-order valence-corrected chi connectivity index (χ2v) is 6.10. The summed E-state index contributed by atoms with van der Waals surface area (Å²) in [6.45, 7) is 3.16. The van der Waals surface area contributed by atoms with Crippen LogP contribution < -0.4 is 5.73 Å². The zero-order valence-corrected chi connectivity index (χ0v) is 11.5. The number of hydrogen-bond donors (Lipinski definition) is 1. The molecule has 17 heavy (non-hydrogen) atoms. The minimum Gasteiger partial charge on any atom is -0.323 e. The number of hydrogen-bond acceptors (Lipinski definition) is 3. The molecular weight excluding hydrogens is 230 g/mol. The number of aromatic nitrogens is 2. The highest BCUT2D eigenvalue weighted by Crippen LogP contribution is 2.29. The van der Waals surface area contributed by atoms with E-state index in [1.54, 1.807) is 0 Å².